The summed E-state index contributed by atoms with van der Waals surface area (Å²) in [5.41, 5.74) is 0.350. The van der Waals surface area contributed by atoms with Crippen molar-refractivity contribution in [3.63, 3.8) is 0 Å². The van der Waals surface area contributed by atoms with E-state index in [4.69, 9.17) is 4.42 Å². The maximum absolute atomic E-state index is 12.3. The van der Waals surface area contributed by atoms with Gasteiger partial charge in [-0.1, -0.05) is 0 Å². The van der Waals surface area contributed by atoms with E-state index in [1.165, 1.54) is 0 Å². The Morgan fingerprint density at radius 2 is 2.32 bits per heavy atom. The molecule has 3 aromatic rings. The average Bonchev–Trinajstić information content (AvgIpc) is 3.11. The minimum absolute atomic E-state index is 0.0195. The van der Waals surface area contributed by atoms with Gasteiger partial charge in [0.05, 0.1) is 17.6 Å². The van der Waals surface area contributed by atoms with Crippen LogP contribution < -0.4 is 5.56 Å². The van der Waals surface area contributed by atoms with Gasteiger partial charge in [0.1, 0.15) is 22.3 Å². The second-order valence-corrected chi connectivity index (χ2v) is 6.33. The fourth-order valence-electron chi connectivity index (χ4n) is 3.35. The number of furan rings is 1. The number of hydrogen-bond donors (Lipinski definition) is 2. The summed E-state index contributed by atoms with van der Waals surface area (Å²) in [6.07, 6.45) is 0.292. The number of nitrogens with one attached hydrogen (secondary N) is 1. The molecule has 130 valence electrons. The molecule has 0 saturated carbocycles. The molecule has 0 radical (unpaired) electrons. The number of aromatic nitrogens is 2. The lowest BCUT2D eigenvalue weighted by Crippen LogP contribution is -2.24. The van der Waals surface area contributed by atoms with E-state index in [0.29, 0.717) is 37.4 Å². The second-order valence-electron chi connectivity index (χ2n) is 6.33. The van der Waals surface area contributed by atoms with Gasteiger partial charge < -0.3 is 14.5 Å². The highest BCUT2D eigenvalue weighted by Gasteiger charge is 2.25. The summed E-state index contributed by atoms with van der Waals surface area (Å²) < 4.78 is 5.51. The third kappa shape index (κ3) is 2.57. The van der Waals surface area contributed by atoms with Crippen LogP contribution in [0.1, 0.15) is 17.8 Å². The molecule has 0 unspecified atom stereocenters. The standard InChI is InChI=1S/C16H16N4O5/c1-8-2-3-10-12(14(8)20(23)24)13-15(25-10)16(22)18-11(17-13)7-19-5-4-9(21)6-19/h2-3,9,21H,4-7H2,1H3,(H,17,18,22)/t9-/m0/s1. The number of aryl methyl sites for hydroxylation is 1. The molecule has 1 atom stereocenters. The van der Waals surface area contributed by atoms with Crippen molar-refractivity contribution in [3.8, 4) is 0 Å². The molecule has 0 bridgehead atoms. The SMILES string of the molecule is Cc1ccc2oc3c(=O)[nH]c(CN4CC[C@H](O)C4)nc3c2c1[N+](=O)[O-]. The van der Waals surface area contributed by atoms with E-state index in [2.05, 4.69) is 9.97 Å². The van der Waals surface area contributed by atoms with E-state index < -0.39 is 10.5 Å². The molecule has 9 heteroatoms. The number of rotatable bonds is 3. The molecule has 1 aromatic carbocycles. The number of aliphatic hydroxyl groups is 1. The first kappa shape index (κ1) is 15.7. The van der Waals surface area contributed by atoms with Crippen LogP contribution in [0.15, 0.2) is 21.3 Å². The Labute approximate surface area is 141 Å². The zero-order valence-corrected chi connectivity index (χ0v) is 13.5. The number of aromatic amines is 1. The molecule has 1 fully saturated rings. The van der Waals surface area contributed by atoms with E-state index in [1.807, 2.05) is 4.90 Å². The van der Waals surface area contributed by atoms with E-state index in [1.54, 1.807) is 19.1 Å². The van der Waals surface area contributed by atoms with Crippen LogP contribution in [0.5, 0.6) is 0 Å². The number of nitrogens with zero attached hydrogens (tertiary/aromatic N) is 3. The number of β-amino-alcohol motifs (C(OH)–C–C–N with tert-alkyl or cyclic N) is 1. The van der Waals surface area contributed by atoms with Crippen molar-refractivity contribution in [2.24, 2.45) is 0 Å². The number of aliphatic hydroxyl groups excluding tert-OH is 1. The van der Waals surface area contributed by atoms with Crippen LogP contribution >= 0.6 is 0 Å². The van der Waals surface area contributed by atoms with E-state index in [-0.39, 0.29) is 33.9 Å². The van der Waals surface area contributed by atoms with Crippen molar-refractivity contribution in [2.45, 2.75) is 26.0 Å². The molecule has 1 saturated heterocycles. The Balaban J connectivity index is 1.91. The highest BCUT2D eigenvalue weighted by Crippen LogP contribution is 2.35. The number of nitro groups is 1. The summed E-state index contributed by atoms with van der Waals surface area (Å²) in [5.74, 6) is 0.394. The molecule has 2 aromatic heterocycles. The third-order valence-corrected chi connectivity index (χ3v) is 4.52. The lowest BCUT2D eigenvalue weighted by Gasteiger charge is -2.13. The van der Waals surface area contributed by atoms with Crippen LogP contribution in [0.3, 0.4) is 0 Å². The van der Waals surface area contributed by atoms with Crippen LogP contribution in [0.25, 0.3) is 22.1 Å². The first-order valence-corrected chi connectivity index (χ1v) is 7.94. The zero-order chi connectivity index (χ0) is 17.7. The minimum Gasteiger partial charge on any atom is -0.448 e. The molecule has 25 heavy (non-hydrogen) atoms. The van der Waals surface area contributed by atoms with E-state index >= 15 is 0 Å². The predicted molar refractivity (Wildman–Crippen MR) is 89.4 cm³/mol. The zero-order valence-electron chi connectivity index (χ0n) is 13.5. The van der Waals surface area contributed by atoms with Gasteiger partial charge in [-0.25, -0.2) is 4.98 Å². The topological polar surface area (TPSA) is 126 Å². The largest absolute Gasteiger partial charge is 0.448 e. The Morgan fingerprint density at radius 3 is 3.00 bits per heavy atom. The minimum atomic E-state index is -0.480. The van der Waals surface area contributed by atoms with Crippen LogP contribution in [-0.4, -0.2) is 44.1 Å². The number of fused-ring (bicyclic) bond motifs is 3. The third-order valence-electron chi connectivity index (χ3n) is 4.52. The fourth-order valence-corrected chi connectivity index (χ4v) is 3.35. The predicted octanol–water partition coefficient (Wildman–Crippen LogP) is 1.45. The summed E-state index contributed by atoms with van der Waals surface area (Å²) in [5, 5.41) is 21.3. The number of likely N-dealkylation sites (tertiary alicyclic amines) is 1. The van der Waals surface area contributed by atoms with Gasteiger partial charge in [0.25, 0.3) is 11.2 Å². The van der Waals surface area contributed by atoms with Crippen molar-refractivity contribution in [1.29, 1.82) is 0 Å². The fraction of sp³-hybridized carbons (Fsp3) is 0.375. The Morgan fingerprint density at radius 1 is 1.52 bits per heavy atom. The van der Waals surface area contributed by atoms with Gasteiger partial charge in [0, 0.05) is 18.7 Å². The van der Waals surface area contributed by atoms with Crippen LogP contribution in [0.4, 0.5) is 5.69 Å². The molecule has 2 N–H and O–H groups in total. The monoisotopic (exact) mass is 344 g/mol. The Kier molecular flexibility index (Phi) is 3.55. The maximum Gasteiger partial charge on any atom is 0.294 e. The molecule has 0 spiro atoms. The number of hydrogen-bond acceptors (Lipinski definition) is 7. The quantitative estimate of drug-likeness (QED) is 0.544. The van der Waals surface area contributed by atoms with Gasteiger partial charge >= 0.3 is 0 Å². The maximum atomic E-state index is 12.3. The van der Waals surface area contributed by atoms with Crippen molar-refractivity contribution in [2.75, 3.05) is 13.1 Å². The average molecular weight is 344 g/mol. The molecule has 1 aliphatic rings. The lowest BCUT2D eigenvalue weighted by molar-refractivity contribution is -0.383. The van der Waals surface area contributed by atoms with Crippen molar-refractivity contribution in [1.82, 2.24) is 14.9 Å². The molecular weight excluding hydrogens is 328 g/mol. The smallest absolute Gasteiger partial charge is 0.294 e. The lowest BCUT2D eigenvalue weighted by atomic mass is 10.1. The summed E-state index contributed by atoms with van der Waals surface area (Å²) >= 11 is 0. The van der Waals surface area contributed by atoms with E-state index in [9.17, 15) is 20.0 Å². The highest BCUT2D eigenvalue weighted by atomic mass is 16.6. The molecular formula is C16H16N4O5. The number of nitro benzene ring substituents is 1. The van der Waals surface area contributed by atoms with E-state index in [0.717, 1.165) is 0 Å². The molecule has 1 aliphatic heterocycles. The molecule has 4 rings (SSSR count). The Bertz CT molecular complexity index is 1050. The van der Waals surface area contributed by atoms with Gasteiger partial charge in [0.2, 0.25) is 5.58 Å². The van der Waals surface area contributed by atoms with Crippen LogP contribution in [0.2, 0.25) is 0 Å². The molecule has 9 nitrogen and oxygen atoms in total. The number of benzene rings is 1. The Hall–Kier alpha value is -2.78. The molecule has 0 amide bonds. The molecule has 3 heterocycles. The van der Waals surface area contributed by atoms with Crippen LogP contribution in [-0.2, 0) is 6.54 Å². The van der Waals surface area contributed by atoms with Gasteiger partial charge in [0.15, 0.2) is 0 Å². The highest BCUT2D eigenvalue weighted by molar-refractivity contribution is 6.08. The van der Waals surface area contributed by atoms with Gasteiger partial charge in [-0.2, -0.15) is 0 Å². The summed E-state index contributed by atoms with van der Waals surface area (Å²) in [6, 6.07) is 3.19. The summed E-state index contributed by atoms with van der Waals surface area (Å²) in [7, 11) is 0. The van der Waals surface area contributed by atoms with Gasteiger partial charge in [-0.15, -0.1) is 0 Å². The normalized spacial score (nSPS) is 18.4. The van der Waals surface area contributed by atoms with Crippen LogP contribution in [0, 0.1) is 17.0 Å². The first-order valence-electron chi connectivity index (χ1n) is 7.94. The first-order chi connectivity index (χ1) is 11.9. The summed E-state index contributed by atoms with van der Waals surface area (Å²) in [6.45, 7) is 3.20. The van der Waals surface area contributed by atoms with Crippen molar-refractivity contribution in [3.05, 3.63) is 44.0 Å². The molecule has 0 aliphatic carbocycles. The second kappa shape index (κ2) is 5.64. The van der Waals surface area contributed by atoms with Crippen molar-refractivity contribution >= 4 is 27.8 Å². The summed E-state index contributed by atoms with van der Waals surface area (Å²) in [4.78, 5) is 32.4. The van der Waals surface area contributed by atoms with Gasteiger partial charge in [-0.05, 0) is 25.5 Å². The van der Waals surface area contributed by atoms with Gasteiger partial charge in [-0.3, -0.25) is 19.8 Å². The number of H-pyrrole nitrogens is 1. The van der Waals surface area contributed by atoms with Crippen molar-refractivity contribution < 1.29 is 14.4 Å².